The molecule has 0 spiro atoms. The summed E-state index contributed by atoms with van der Waals surface area (Å²) in [4.78, 5) is 0. The summed E-state index contributed by atoms with van der Waals surface area (Å²) >= 11 is 3.43. The molecule has 0 saturated heterocycles. The van der Waals surface area contributed by atoms with Crippen molar-refractivity contribution >= 4 is 26.9 Å². The van der Waals surface area contributed by atoms with E-state index in [1.54, 1.807) is 0 Å². The Morgan fingerprint density at radius 3 is 2.56 bits per heavy atom. The maximum absolute atomic E-state index is 6.17. The van der Waals surface area contributed by atoms with Crippen molar-refractivity contribution in [1.29, 1.82) is 0 Å². The van der Waals surface area contributed by atoms with Gasteiger partial charge >= 0.3 is 0 Å². The molecule has 0 aliphatic heterocycles. The molecule has 0 bridgehead atoms. The normalized spacial score (nSPS) is 14.3. The van der Waals surface area contributed by atoms with E-state index in [0.717, 1.165) is 21.2 Å². The largest absolute Gasteiger partial charge is 0.459 e. The maximum atomic E-state index is 6.17. The average Bonchev–Trinajstić information content (AvgIpc) is 2.57. The van der Waals surface area contributed by atoms with E-state index < -0.39 is 0 Å². The summed E-state index contributed by atoms with van der Waals surface area (Å²) in [5.41, 5.74) is 7.05. The van der Waals surface area contributed by atoms with Crippen LogP contribution in [0.15, 0.2) is 33.2 Å². The fraction of sp³-hybridized carbons (Fsp3) is 0.385. The van der Waals surface area contributed by atoms with E-state index in [4.69, 9.17) is 10.2 Å². The molecule has 0 amide bonds. The molecule has 0 aliphatic carbocycles. The first-order chi connectivity index (χ1) is 7.38. The number of benzene rings is 1. The summed E-state index contributed by atoms with van der Waals surface area (Å²) in [7, 11) is 0. The summed E-state index contributed by atoms with van der Waals surface area (Å²) in [5.74, 6) is 0.848. The Hall–Kier alpha value is -0.800. The number of hydrogen-bond acceptors (Lipinski definition) is 2. The summed E-state index contributed by atoms with van der Waals surface area (Å²) in [5, 5.41) is 1.10. The first-order valence-corrected chi connectivity index (χ1v) is 6.12. The van der Waals surface area contributed by atoms with Gasteiger partial charge < -0.3 is 10.2 Å². The van der Waals surface area contributed by atoms with Gasteiger partial charge in [0.05, 0.1) is 6.04 Å². The molecule has 1 atom stereocenters. The molecule has 2 N–H and O–H groups in total. The number of furan rings is 1. The molecule has 0 aliphatic rings. The fourth-order valence-electron chi connectivity index (χ4n) is 1.61. The zero-order valence-corrected chi connectivity index (χ0v) is 11.3. The first-order valence-electron chi connectivity index (χ1n) is 5.32. The second kappa shape index (κ2) is 3.90. The van der Waals surface area contributed by atoms with Crippen LogP contribution in [-0.4, -0.2) is 0 Å². The smallest absolute Gasteiger partial charge is 0.135 e. The van der Waals surface area contributed by atoms with Crippen molar-refractivity contribution in [2.45, 2.75) is 26.8 Å². The quantitative estimate of drug-likeness (QED) is 0.849. The predicted octanol–water partition coefficient (Wildman–Crippen LogP) is 4.24. The molecule has 1 heterocycles. The Labute approximate surface area is 104 Å². The molecule has 3 heteroatoms. The third kappa shape index (κ3) is 2.15. The molecule has 0 saturated carbocycles. The Kier molecular flexibility index (Phi) is 2.84. The van der Waals surface area contributed by atoms with E-state index in [0.29, 0.717) is 0 Å². The minimum atomic E-state index is -0.0846. The van der Waals surface area contributed by atoms with Crippen LogP contribution >= 0.6 is 15.9 Å². The van der Waals surface area contributed by atoms with Crippen LogP contribution in [0.5, 0.6) is 0 Å². The first kappa shape index (κ1) is 11.7. The molecule has 0 radical (unpaired) electrons. The molecular weight excluding hydrogens is 266 g/mol. The highest BCUT2D eigenvalue weighted by atomic mass is 79.9. The zero-order valence-electron chi connectivity index (χ0n) is 9.75. The lowest BCUT2D eigenvalue weighted by Gasteiger charge is -2.24. The highest BCUT2D eigenvalue weighted by Crippen LogP contribution is 2.34. The molecule has 2 nitrogen and oxygen atoms in total. The number of nitrogens with two attached hydrogens (primary N) is 1. The van der Waals surface area contributed by atoms with Gasteiger partial charge in [-0.3, -0.25) is 0 Å². The fourth-order valence-corrected chi connectivity index (χ4v) is 1.95. The molecule has 2 aromatic rings. The number of hydrogen-bond donors (Lipinski definition) is 1. The van der Waals surface area contributed by atoms with Gasteiger partial charge in [-0.15, -0.1) is 0 Å². The third-order valence-corrected chi connectivity index (χ3v) is 3.23. The SMILES string of the molecule is CC(C)(C)[C@H](N)c1cc2ccc(Br)cc2o1. The molecular formula is C13H16BrNO. The number of fused-ring (bicyclic) bond motifs is 1. The molecule has 0 unspecified atom stereocenters. The van der Waals surface area contributed by atoms with Crippen LogP contribution in [0.1, 0.15) is 32.6 Å². The van der Waals surface area contributed by atoms with Gasteiger partial charge in [0, 0.05) is 9.86 Å². The molecule has 1 aromatic carbocycles. The number of halogens is 1. The van der Waals surface area contributed by atoms with E-state index in [-0.39, 0.29) is 11.5 Å². The monoisotopic (exact) mass is 281 g/mol. The summed E-state index contributed by atoms with van der Waals surface area (Å²) in [6.07, 6.45) is 0. The Bertz CT molecular complexity index is 510. The topological polar surface area (TPSA) is 39.2 Å². The third-order valence-electron chi connectivity index (χ3n) is 2.74. The van der Waals surface area contributed by atoms with E-state index in [1.165, 1.54) is 0 Å². The standard InChI is InChI=1S/C13H16BrNO/c1-13(2,3)12(15)11-6-8-4-5-9(14)7-10(8)16-11/h4-7,12H,15H2,1-3H3/t12-/m1/s1. The Morgan fingerprint density at radius 1 is 1.25 bits per heavy atom. The van der Waals surface area contributed by atoms with Crippen LogP contribution in [0.25, 0.3) is 11.0 Å². The summed E-state index contributed by atoms with van der Waals surface area (Å²) < 4.78 is 6.80. The second-order valence-electron chi connectivity index (χ2n) is 5.17. The molecule has 0 fully saturated rings. The maximum Gasteiger partial charge on any atom is 0.135 e. The number of rotatable bonds is 1. The lowest BCUT2D eigenvalue weighted by atomic mass is 9.86. The molecule has 1 aromatic heterocycles. The minimum absolute atomic E-state index is 0.00507. The van der Waals surface area contributed by atoms with Gasteiger partial charge in [0.2, 0.25) is 0 Å². The minimum Gasteiger partial charge on any atom is -0.459 e. The van der Waals surface area contributed by atoms with Crippen molar-refractivity contribution in [3.8, 4) is 0 Å². The predicted molar refractivity (Wildman–Crippen MR) is 70.3 cm³/mol. The highest BCUT2D eigenvalue weighted by molar-refractivity contribution is 9.10. The van der Waals surface area contributed by atoms with Gasteiger partial charge in [0.1, 0.15) is 11.3 Å². The van der Waals surface area contributed by atoms with E-state index in [9.17, 15) is 0 Å². The molecule has 2 rings (SSSR count). The molecule has 86 valence electrons. The van der Waals surface area contributed by atoms with Gasteiger partial charge in [-0.1, -0.05) is 36.7 Å². The van der Waals surface area contributed by atoms with Crippen molar-refractivity contribution in [2.24, 2.45) is 11.1 Å². The van der Waals surface area contributed by atoms with E-state index >= 15 is 0 Å². The van der Waals surface area contributed by atoms with Gasteiger partial charge in [-0.25, -0.2) is 0 Å². The van der Waals surface area contributed by atoms with Crippen LogP contribution in [-0.2, 0) is 0 Å². The van der Waals surface area contributed by atoms with Gasteiger partial charge in [0.15, 0.2) is 0 Å². The van der Waals surface area contributed by atoms with Gasteiger partial charge in [-0.05, 0) is 29.7 Å². The van der Waals surface area contributed by atoms with Crippen molar-refractivity contribution in [1.82, 2.24) is 0 Å². The van der Waals surface area contributed by atoms with Crippen LogP contribution in [0, 0.1) is 5.41 Å². The van der Waals surface area contributed by atoms with Crippen molar-refractivity contribution in [3.05, 3.63) is 34.5 Å². The van der Waals surface area contributed by atoms with Crippen molar-refractivity contribution in [2.75, 3.05) is 0 Å². The summed E-state index contributed by atoms with van der Waals surface area (Å²) in [6, 6.07) is 7.94. The highest BCUT2D eigenvalue weighted by Gasteiger charge is 2.25. The molecule has 16 heavy (non-hydrogen) atoms. The van der Waals surface area contributed by atoms with Crippen LogP contribution in [0.2, 0.25) is 0 Å². The van der Waals surface area contributed by atoms with E-state index in [1.807, 2.05) is 24.3 Å². The van der Waals surface area contributed by atoms with Crippen LogP contribution in [0.4, 0.5) is 0 Å². The van der Waals surface area contributed by atoms with Crippen LogP contribution < -0.4 is 5.73 Å². The lowest BCUT2D eigenvalue weighted by Crippen LogP contribution is -2.25. The Balaban J connectivity index is 2.47. The van der Waals surface area contributed by atoms with Gasteiger partial charge in [-0.2, -0.15) is 0 Å². The Morgan fingerprint density at radius 2 is 1.94 bits per heavy atom. The van der Waals surface area contributed by atoms with Crippen molar-refractivity contribution < 1.29 is 4.42 Å². The van der Waals surface area contributed by atoms with Gasteiger partial charge in [0.25, 0.3) is 0 Å². The lowest BCUT2D eigenvalue weighted by molar-refractivity contribution is 0.290. The summed E-state index contributed by atoms with van der Waals surface area (Å²) in [6.45, 7) is 6.34. The zero-order chi connectivity index (χ0) is 11.9. The van der Waals surface area contributed by atoms with Crippen molar-refractivity contribution in [3.63, 3.8) is 0 Å². The average molecular weight is 282 g/mol. The van der Waals surface area contributed by atoms with Crippen LogP contribution in [0.3, 0.4) is 0 Å². The van der Waals surface area contributed by atoms with E-state index in [2.05, 4.69) is 36.7 Å². The second-order valence-corrected chi connectivity index (χ2v) is 6.09.